The van der Waals surface area contributed by atoms with Gasteiger partial charge in [-0.1, -0.05) is 16.3 Å². The summed E-state index contributed by atoms with van der Waals surface area (Å²) in [5.41, 5.74) is 5.28. The van der Waals surface area contributed by atoms with Crippen molar-refractivity contribution in [3.63, 3.8) is 0 Å². The molecule has 0 fully saturated rings. The second kappa shape index (κ2) is 5.96. The van der Waals surface area contributed by atoms with E-state index in [0.29, 0.717) is 0 Å². The number of benzene rings is 1. The largest absolute Gasteiger partial charge is 0.320 e. The average Bonchev–Trinajstić information content (AvgIpc) is 2.88. The highest BCUT2D eigenvalue weighted by atomic mass is 32.2. The molecule has 0 aliphatic carbocycles. The minimum atomic E-state index is -3.89. The van der Waals surface area contributed by atoms with Gasteiger partial charge in [-0.25, -0.2) is 12.8 Å². The van der Waals surface area contributed by atoms with Crippen LogP contribution in [-0.4, -0.2) is 24.5 Å². The molecule has 1 aromatic heterocycles. The molecular weight excluding hydrogens is 303 g/mol. The van der Waals surface area contributed by atoms with Crippen LogP contribution in [0.1, 0.15) is 5.56 Å². The SMILES string of the molecule is NCC#Cc1cc(F)ccc1S(=O)(=O)Nc1cnns1. The Bertz CT molecular complexity index is 763. The number of anilines is 1. The smallest absolute Gasteiger partial charge is 0.263 e. The van der Waals surface area contributed by atoms with Crippen molar-refractivity contribution in [3.8, 4) is 11.8 Å². The molecule has 1 heterocycles. The van der Waals surface area contributed by atoms with Crippen LogP contribution < -0.4 is 10.5 Å². The van der Waals surface area contributed by atoms with E-state index in [1.165, 1.54) is 6.20 Å². The monoisotopic (exact) mass is 312 g/mol. The summed E-state index contributed by atoms with van der Waals surface area (Å²) in [5, 5.41) is 3.78. The maximum absolute atomic E-state index is 13.2. The summed E-state index contributed by atoms with van der Waals surface area (Å²) in [5.74, 6) is 4.46. The molecular formula is C11H9FN4O2S2. The van der Waals surface area contributed by atoms with Crippen molar-refractivity contribution < 1.29 is 12.8 Å². The van der Waals surface area contributed by atoms with Gasteiger partial charge in [0.25, 0.3) is 10.0 Å². The van der Waals surface area contributed by atoms with Crippen molar-refractivity contribution in [2.45, 2.75) is 4.90 Å². The Balaban J connectivity index is 2.45. The van der Waals surface area contributed by atoms with E-state index in [1.807, 2.05) is 0 Å². The van der Waals surface area contributed by atoms with Crippen LogP contribution in [0.25, 0.3) is 0 Å². The molecule has 2 aromatic rings. The van der Waals surface area contributed by atoms with Gasteiger partial charge in [-0.15, -0.1) is 5.10 Å². The minimum Gasteiger partial charge on any atom is -0.320 e. The summed E-state index contributed by atoms with van der Waals surface area (Å²) in [4.78, 5) is -0.131. The van der Waals surface area contributed by atoms with Gasteiger partial charge in [0, 0.05) is 17.1 Å². The van der Waals surface area contributed by atoms with Crippen molar-refractivity contribution >= 4 is 26.6 Å². The molecule has 0 unspecified atom stereocenters. The lowest BCUT2D eigenvalue weighted by atomic mass is 10.2. The molecule has 104 valence electrons. The Morgan fingerprint density at radius 2 is 2.25 bits per heavy atom. The summed E-state index contributed by atoms with van der Waals surface area (Å²) < 4.78 is 43.5. The van der Waals surface area contributed by atoms with Crippen LogP contribution in [0.4, 0.5) is 9.39 Å². The molecule has 0 aliphatic heterocycles. The van der Waals surface area contributed by atoms with Crippen LogP contribution >= 0.6 is 11.5 Å². The Labute approximate surface area is 119 Å². The van der Waals surface area contributed by atoms with Crippen molar-refractivity contribution in [1.29, 1.82) is 0 Å². The zero-order valence-corrected chi connectivity index (χ0v) is 11.6. The predicted octanol–water partition coefficient (Wildman–Crippen LogP) is 0.788. The predicted molar refractivity (Wildman–Crippen MR) is 73.0 cm³/mol. The van der Waals surface area contributed by atoms with Crippen molar-refractivity contribution in [3.05, 3.63) is 35.8 Å². The number of nitrogens with zero attached hydrogens (tertiary/aromatic N) is 2. The minimum absolute atomic E-state index is 0.0421. The van der Waals surface area contributed by atoms with E-state index in [1.54, 1.807) is 0 Å². The molecule has 0 saturated heterocycles. The normalized spacial score (nSPS) is 10.7. The Morgan fingerprint density at radius 1 is 1.45 bits per heavy atom. The van der Waals surface area contributed by atoms with E-state index in [-0.39, 0.29) is 22.0 Å². The average molecular weight is 312 g/mol. The third-order valence-corrected chi connectivity index (χ3v) is 4.29. The Morgan fingerprint density at radius 3 is 2.90 bits per heavy atom. The second-order valence-electron chi connectivity index (χ2n) is 3.53. The highest BCUT2D eigenvalue weighted by molar-refractivity contribution is 7.93. The molecule has 6 nitrogen and oxygen atoms in total. The number of hydrogen-bond acceptors (Lipinski definition) is 6. The van der Waals surface area contributed by atoms with Gasteiger partial charge in [0.1, 0.15) is 15.7 Å². The molecule has 0 radical (unpaired) electrons. The lowest BCUT2D eigenvalue weighted by Crippen LogP contribution is -2.14. The van der Waals surface area contributed by atoms with Crippen LogP contribution in [0.3, 0.4) is 0 Å². The van der Waals surface area contributed by atoms with Crippen LogP contribution in [-0.2, 0) is 10.0 Å². The van der Waals surface area contributed by atoms with E-state index in [0.717, 1.165) is 29.7 Å². The number of hydrogen-bond donors (Lipinski definition) is 2. The molecule has 1 aromatic carbocycles. The van der Waals surface area contributed by atoms with Gasteiger partial charge in [0.2, 0.25) is 0 Å². The number of halogens is 1. The molecule has 0 spiro atoms. The van der Waals surface area contributed by atoms with Gasteiger partial charge in [-0.2, -0.15) is 0 Å². The molecule has 9 heteroatoms. The molecule has 20 heavy (non-hydrogen) atoms. The van der Waals surface area contributed by atoms with Gasteiger partial charge >= 0.3 is 0 Å². The third-order valence-electron chi connectivity index (χ3n) is 2.15. The van der Waals surface area contributed by atoms with Crippen molar-refractivity contribution in [2.24, 2.45) is 5.73 Å². The first-order chi connectivity index (χ1) is 9.53. The van der Waals surface area contributed by atoms with Crippen molar-refractivity contribution in [1.82, 2.24) is 9.59 Å². The maximum atomic E-state index is 13.2. The standard InChI is InChI=1S/C11H9FN4O2S2/c12-9-3-4-10(8(6-9)2-1-5-13)20(17,18)15-11-7-14-16-19-11/h3-4,6-7,15H,5,13H2. The maximum Gasteiger partial charge on any atom is 0.263 e. The molecule has 0 saturated carbocycles. The Kier molecular flexibility index (Phi) is 4.29. The van der Waals surface area contributed by atoms with Gasteiger partial charge in [-0.05, 0) is 18.2 Å². The lowest BCUT2D eigenvalue weighted by molar-refractivity contribution is 0.599. The van der Waals surface area contributed by atoms with Crippen LogP contribution in [0.2, 0.25) is 0 Å². The van der Waals surface area contributed by atoms with Crippen LogP contribution in [0, 0.1) is 17.7 Å². The van der Waals surface area contributed by atoms with Gasteiger partial charge in [0.05, 0.1) is 12.7 Å². The summed E-state index contributed by atoms with van der Waals surface area (Å²) >= 11 is 0.890. The molecule has 3 N–H and O–H groups in total. The lowest BCUT2D eigenvalue weighted by Gasteiger charge is -2.07. The number of nitrogens with one attached hydrogen (secondary N) is 1. The van der Waals surface area contributed by atoms with Gasteiger partial charge in [-0.3, -0.25) is 4.72 Å². The molecule has 0 amide bonds. The number of nitrogens with two attached hydrogens (primary N) is 1. The quantitative estimate of drug-likeness (QED) is 0.817. The fourth-order valence-corrected chi connectivity index (χ4v) is 3.21. The van der Waals surface area contributed by atoms with E-state index in [9.17, 15) is 12.8 Å². The fourth-order valence-electron chi connectivity index (χ4n) is 1.38. The number of aromatic nitrogens is 2. The molecule has 0 bridgehead atoms. The van der Waals surface area contributed by atoms with Crippen LogP contribution in [0.15, 0.2) is 29.3 Å². The molecule has 2 rings (SSSR count). The highest BCUT2D eigenvalue weighted by Crippen LogP contribution is 2.21. The van der Waals surface area contributed by atoms with E-state index < -0.39 is 15.8 Å². The summed E-state index contributed by atoms with van der Waals surface area (Å²) in [6.45, 7) is 0.0438. The highest BCUT2D eigenvalue weighted by Gasteiger charge is 2.19. The van der Waals surface area contributed by atoms with Crippen LogP contribution in [0.5, 0.6) is 0 Å². The molecule has 0 atom stereocenters. The first kappa shape index (κ1) is 14.4. The Hall–Kier alpha value is -2.02. The van der Waals surface area contributed by atoms with E-state index in [2.05, 4.69) is 26.1 Å². The molecule has 0 aliphatic rings. The van der Waals surface area contributed by atoms with Gasteiger partial charge < -0.3 is 5.73 Å². The third kappa shape index (κ3) is 3.30. The summed E-state index contributed by atoms with van der Waals surface area (Å²) in [6, 6.07) is 3.24. The summed E-state index contributed by atoms with van der Waals surface area (Å²) in [7, 11) is -3.89. The fraction of sp³-hybridized carbons (Fsp3) is 0.0909. The van der Waals surface area contributed by atoms with Crippen molar-refractivity contribution in [2.75, 3.05) is 11.3 Å². The first-order valence-corrected chi connectivity index (χ1v) is 7.57. The van der Waals surface area contributed by atoms with Gasteiger partial charge in [0.15, 0.2) is 0 Å². The topological polar surface area (TPSA) is 98.0 Å². The van der Waals surface area contributed by atoms with E-state index >= 15 is 0 Å². The summed E-state index contributed by atoms with van der Waals surface area (Å²) in [6.07, 6.45) is 1.27. The number of rotatable bonds is 3. The first-order valence-electron chi connectivity index (χ1n) is 5.31. The van der Waals surface area contributed by atoms with E-state index in [4.69, 9.17) is 5.73 Å². The second-order valence-corrected chi connectivity index (χ2v) is 5.97. The zero-order valence-electron chi connectivity index (χ0n) is 10.00. The number of sulfonamides is 1. The zero-order chi connectivity index (χ0) is 14.6.